The van der Waals surface area contributed by atoms with E-state index in [0.717, 1.165) is 12.8 Å². The second-order valence-corrected chi connectivity index (χ2v) is 6.57. The molecule has 2 aromatic rings. The molecule has 124 valence electrons. The van der Waals surface area contributed by atoms with Gasteiger partial charge in [0, 0.05) is 23.9 Å². The maximum atomic E-state index is 12.2. The van der Waals surface area contributed by atoms with Gasteiger partial charge in [-0.15, -0.1) is 0 Å². The van der Waals surface area contributed by atoms with Crippen LogP contribution in [0.1, 0.15) is 36.2 Å². The van der Waals surface area contributed by atoms with Gasteiger partial charge in [-0.3, -0.25) is 14.4 Å². The number of benzene rings is 1. The molecular weight excluding hydrogens is 326 g/mol. The summed E-state index contributed by atoms with van der Waals surface area (Å²) in [6.45, 7) is 1.46. The molecular formula is C17H17N3O3S. The Morgan fingerprint density at radius 1 is 1.29 bits per heavy atom. The van der Waals surface area contributed by atoms with Crippen molar-refractivity contribution in [3.8, 4) is 0 Å². The summed E-state index contributed by atoms with van der Waals surface area (Å²) in [5, 5.41) is 3.30. The van der Waals surface area contributed by atoms with E-state index >= 15 is 0 Å². The van der Waals surface area contributed by atoms with E-state index in [1.54, 1.807) is 30.5 Å². The number of rotatable bonds is 6. The molecule has 1 aliphatic rings. The highest BCUT2D eigenvalue weighted by molar-refractivity contribution is 7.99. The highest BCUT2D eigenvalue weighted by Gasteiger charge is 2.25. The molecule has 24 heavy (non-hydrogen) atoms. The molecule has 3 rings (SSSR count). The summed E-state index contributed by atoms with van der Waals surface area (Å²) in [4.78, 5) is 39.2. The van der Waals surface area contributed by atoms with Gasteiger partial charge in [0.1, 0.15) is 0 Å². The quantitative estimate of drug-likeness (QED) is 0.495. The lowest BCUT2D eigenvalue weighted by Gasteiger charge is -2.11. The molecule has 1 aromatic carbocycles. The number of hydrogen-bond acceptors (Lipinski definition) is 5. The first-order valence-electron chi connectivity index (χ1n) is 7.66. The second-order valence-electron chi connectivity index (χ2n) is 5.63. The molecule has 1 heterocycles. The molecule has 0 radical (unpaired) electrons. The summed E-state index contributed by atoms with van der Waals surface area (Å²) in [5.41, 5.74) is 0.663. The van der Waals surface area contributed by atoms with Gasteiger partial charge < -0.3 is 9.88 Å². The molecule has 1 amide bonds. The Labute approximate surface area is 143 Å². The largest absolute Gasteiger partial charge is 0.325 e. The van der Waals surface area contributed by atoms with Crippen LogP contribution >= 0.6 is 11.8 Å². The Bertz CT molecular complexity index is 843. The van der Waals surface area contributed by atoms with Gasteiger partial charge in [0.05, 0.1) is 11.4 Å². The van der Waals surface area contributed by atoms with E-state index in [0.29, 0.717) is 22.4 Å². The summed E-state index contributed by atoms with van der Waals surface area (Å²) in [6, 6.07) is 8.70. The number of amides is 1. The maximum Gasteiger partial charge on any atom is 0.273 e. The van der Waals surface area contributed by atoms with Crippen LogP contribution < -0.4 is 10.9 Å². The van der Waals surface area contributed by atoms with Crippen LogP contribution in [0, 0.1) is 0 Å². The summed E-state index contributed by atoms with van der Waals surface area (Å²) in [6.07, 6.45) is 3.87. The van der Waals surface area contributed by atoms with Gasteiger partial charge in [0.2, 0.25) is 5.91 Å². The molecule has 0 unspecified atom stereocenters. The van der Waals surface area contributed by atoms with Crippen LogP contribution in [0.15, 0.2) is 46.5 Å². The van der Waals surface area contributed by atoms with E-state index in [-0.39, 0.29) is 23.0 Å². The zero-order chi connectivity index (χ0) is 17.1. The highest BCUT2D eigenvalue weighted by atomic mass is 32.2. The minimum Gasteiger partial charge on any atom is -0.325 e. The number of Topliss-reactive ketones (excluding diaryl/α,β-unsaturated/α-hetero) is 1. The molecule has 6 nitrogen and oxygen atoms in total. The first kappa shape index (κ1) is 16.4. The van der Waals surface area contributed by atoms with Crippen LogP contribution in [0.4, 0.5) is 5.69 Å². The van der Waals surface area contributed by atoms with Crippen LogP contribution in [-0.2, 0) is 4.79 Å². The lowest BCUT2D eigenvalue weighted by atomic mass is 10.1. The number of ketones is 1. The predicted molar refractivity (Wildman–Crippen MR) is 92.6 cm³/mol. The fourth-order valence-corrected chi connectivity index (χ4v) is 3.20. The number of nitrogens with zero attached hydrogens (tertiary/aromatic N) is 2. The van der Waals surface area contributed by atoms with E-state index in [1.165, 1.54) is 24.8 Å². The number of hydrogen-bond donors (Lipinski definition) is 1. The first-order valence-corrected chi connectivity index (χ1v) is 8.65. The van der Waals surface area contributed by atoms with Crippen LogP contribution in [0.25, 0.3) is 0 Å². The average Bonchev–Trinajstić information content (AvgIpc) is 3.38. The van der Waals surface area contributed by atoms with Gasteiger partial charge in [-0.1, -0.05) is 23.9 Å². The first-order chi connectivity index (χ1) is 11.5. The molecule has 0 spiro atoms. The molecule has 1 fully saturated rings. The van der Waals surface area contributed by atoms with Crippen molar-refractivity contribution in [2.45, 2.75) is 31.0 Å². The van der Waals surface area contributed by atoms with Crippen molar-refractivity contribution in [3.63, 3.8) is 0 Å². The van der Waals surface area contributed by atoms with Gasteiger partial charge in [-0.2, -0.15) is 4.98 Å². The van der Waals surface area contributed by atoms with E-state index in [4.69, 9.17) is 0 Å². The Hall–Kier alpha value is -2.41. The smallest absolute Gasteiger partial charge is 0.273 e. The summed E-state index contributed by atoms with van der Waals surface area (Å²) in [5.74, 6) is -0.227. The van der Waals surface area contributed by atoms with Gasteiger partial charge in [-0.05, 0) is 31.9 Å². The van der Waals surface area contributed by atoms with Crippen molar-refractivity contribution >= 4 is 29.1 Å². The number of carbonyl (C=O) groups excluding carboxylic acids is 2. The second kappa shape index (κ2) is 7.00. The third-order valence-corrected chi connectivity index (χ3v) is 4.62. The molecule has 0 bridgehead atoms. The van der Waals surface area contributed by atoms with Crippen LogP contribution in [0.3, 0.4) is 0 Å². The molecule has 1 N–H and O–H groups in total. The van der Waals surface area contributed by atoms with Crippen LogP contribution in [0.2, 0.25) is 0 Å². The van der Waals surface area contributed by atoms with Crippen LogP contribution in [-0.4, -0.2) is 27.0 Å². The summed E-state index contributed by atoms with van der Waals surface area (Å²) in [7, 11) is 0. The van der Waals surface area contributed by atoms with Crippen molar-refractivity contribution in [1.82, 2.24) is 9.55 Å². The van der Waals surface area contributed by atoms with Crippen molar-refractivity contribution < 1.29 is 9.59 Å². The van der Waals surface area contributed by atoms with E-state index in [1.807, 2.05) is 4.57 Å². The minimum absolute atomic E-state index is 0.106. The minimum atomic E-state index is -0.309. The monoisotopic (exact) mass is 343 g/mol. The molecule has 7 heteroatoms. The number of thioether (sulfide) groups is 1. The van der Waals surface area contributed by atoms with Crippen molar-refractivity contribution in [1.29, 1.82) is 0 Å². The van der Waals surface area contributed by atoms with Gasteiger partial charge in [-0.25, -0.2) is 0 Å². The molecule has 0 saturated heterocycles. The molecule has 1 aliphatic carbocycles. The standard InChI is InChI=1S/C17H17N3O3S/c1-11(21)13-4-2-3-5-14(13)18-16(23)10-24-17-19-15(22)8-9-20(17)12-6-7-12/h2-5,8-9,12H,6-7,10H2,1H3,(H,18,23). The number of nitrogens with one attached hydrogen (secondary N) is 1. The zero-order valence-electron chi connectivity index (χ0n) is 13.2. The number of aromatic nitrogens is 2. The molecule has 0 atom stereocenters. The summed E-state index contributed by atoms with van der Waals surface area (Å²) >= 11 is 1.23. The lowest BCUT2D eigenvalue weighted by molar-refractivity contribution is -0.113. The average molecular weight is 343 g/mol. The Kier molecular flexibility index (Phi) is 4.80. The van der Waals surface area contributed by atoms with Gasteiger partial charge >= 0.3 is 0 Å². The van der Waals surface area contributed by atoms with Crippen LogP contribution in [0.5, 0.6) is 0 Å². The molecule has 1 saturated carbocycles. The molecule has 1 aromatic heterocycles. The Morgan fingerprint density at radius 2 is 2.04 bits per heavy atom. The fraction of sp³-hybridized carbons (Fsp3) is 0.294. The SMILES string of the molecule is CC(=O)c1ccccc1NC(=O)CSc1nc(=O)ccn1C1CC1. The van der Waals surface area contributed by atoms with Gasteiger partial charge in [0.15, 0.2) is 10.9 Å². The van der Waals surface area contributed by atoms with E-state index in [9.17, 15) is 14.4 Å². The molecule has 0 aliphatic heterocycles. The third-order valence-electron chi connectivity index (χ3n) is 3.66. The zero-order valence-corrected chi connectivity index (χ0v) is 14.0. The lowest BCUT2D eigenvalue weighted by Crippen LogP contribution is -2.18. The van der Waals surface area contributed by atoms with E-state index in [2.05, 4.69) is 10.3 Å². The Balaban J connectivity index is 1.68. The fourth-order valence-electron chi connectivity index (χ4n) is 2.35. The normalized spacial score (nSPS) is 13.5. The van der Waals surface area contributed by atoms with Crippen molar-refractivity contribution in [2.24, 2.45) is 0 Å². The third kappa shape index (κ3) is 3.91. The Morgan fingerprint density at radius 3 is 2.75 bits per heavy atom. The number of anilines is 1. The highest BCUT2D eigenvalue weighted by Crippen LogP contribution is 2.36. The van der Waals surface area contributed by atoms with Crippen molar-refractivity contribution in [3.05, 3.63) is 52.4 Å². The topological polar surface area (TPSA) is 81.1 Å². The van der Waals surface area contributed by atoms with Crippen molar-refractivity contribution in [2.75, 3.05) is 11.1 Å². The predicted octanol–water partition coefficient (Wildman–Crippen LogP) is 2.51. The number of para-hydroxylation sites is 1. The van der Waals surface area contributed by atoms with E-state index < -0.39 is 0 Å². The number of carbonyl (C=O) groups is 2. The summed E-state index contributed by atoms with van der Waals surface area (Å²) < 4.78 is 1.95. The van der Waals surface area contributed by atoms with Gasteiger partial charge in [0.25, 0.3) is 5.56 Å². The maximum absolute atomic E-state index is 12.2.